The highest BCUT2D eigenvalue weighted by molar-refractivity contribution is 6.32. The lowest BCUT2D eigenvalue weighted by molar-refractivity contribution is 0.0929. The van der Waals surface area contributed by atoms with Crippen molar-refractivity contribution in [2.75, 3.05) is 0 Å². The number of carbonyl (C=O) groups is 1. The maximum Gasteiger partial charge on any atom is 0.169 e. The van der Waals surface area contributed by atoms with Gasteiger partial charge < -0.3 is 0 Å². The van der Waals surface area contributed by atoms with Crippen LogP contribution in [0.1, 0.15) is 42.6 Å². The fourth-order valence-corrected chi connectivity index (χ4v) is 2.53. The summed E-state index contributed by atoms with van der Waals surface area (Å²) in [6.07, 6.45) is 1.46. The van der Waals surface area contributed by atoms with Gasteiger partial charge in [0.2, 0.25) is 0 Å². The average Bonchev–Trinajstić information content (AvgIpc) is 2.31. The van der Waals surface area contributed by atoms with Crippen molar-refractivity contribution in [3.8, 4) is 0 Å². The van der Waals surface area contributed by atoms with Gasteiger partial charge in [-0.25, -0.2) is 8.78 Å². The van der Waals surface area contributed by atoms with Crippen molar-refractivity contribution in [2.45, 2.75) is 33.1 Å². The molecular formula is C13H13ClF2O. The molecular weight excluding hydrogens is 246 g/mol. The summed E-state index contributed by atoms with van der Waals surface area (Å²) in [5, 5.41) is 0.143. The van der Waals surface area contributed by atoms with Gasteiger partial charge >= 0.3 is 0 Å². The molecule has 0 atom stereocenters. The van der Waals surface area contributed by atoms with E-state index in [1.807, 2.05) is 13.8 Å². The highest BCUT2D eigenvalue weighted by Gasteiger charge is 2.32. The van der Waals surface area contributed by atoms with Crippen molar-refractivity contribution in [3.63, 3.8) is 0 Å². The van der Waals surface area contributed by atoms with Gasteiger partial charge in [-0.05, 0) is 29.9 Å². The number of carbonyl (C=O) groups excluding carboxylic acids is 1. The zero-order chi connectivity index (χ0) is 12.8. The topological polar surface area (TPSA) is 17.1 Å². The molecule has 0 N–H and O–H groups in total. The number of hydrogen-bond acceptors (Lipinski definition) is 1. The molecule has 0 heterocycles. The Morgan fingerprint density at radius 2 is 2.00 bits per heavy atom. The number of fused-ring (bicyclic) bond motifs is 1. The molecule has 92 valence electrons. The predicted molar refractivity (Wildman–Crippen MR) is 62.4 cm³/mol. The molecule has 0 amide bonds. The van der Waals surface area contributed by atoms with E-state index in [1.165, 1.54) is 0 Å². The Hall–Kier alpha value is -0.960. The van der Waals surface area contributed by atoms with E-state index in [0.29, 0.717) is 12.0 Å². The Morgan fingerprint density at radius 3 is 2.65 bits per heavy atom. The van der Waals surface area contributed by atoms with Crippen molar-refractivity contribution >= 4 is 17.4 Å². The summed E-state index contributed by atoms with van der Waals surface area (Å²) in [4.78, 5) is 12.0. The summed E-state index contributed by atoms with van der Waals surface area (Å²) in [6.45, 7) is 3.89. The summed E-state index contributed by atoms with van der Waals surface area (Å²) < 4.78 is 26.9. The van der Waals surface area contributed by atoms with E-state index in [1.54, 1.807) is 0 Å². The Morgan fingerprint density at radius 1 is 1.35 bits per heavy atom. The number of rotatable bonds is 0. The van der Waals surface area contributed by atoms with Gasteiger partial charge in [0.05, 0.1) is 5.56 Å². The molecule has 1 nitrogen and oxygen atoms in total. The normalized spacial score (nSPS) is 18.8. The van der Waals surface area contributed by atoms with Crippen molar-refractivity contribution in [1.29, 1.82) is 0 Å². The molecule has 0 fully saturated rings. The molecule has 0 radical (unpaired) electrons. The van der Waals surface area contributed by atoms with Gasteiger partial charge in [-0.2, -0.15) is 0 Å². The smallest absolute Gasteiger partial charge is 0.169 e. The average molecular weight is 259 g/mol. The Kier molecular flexibility index (Phi) is 2.98. The second-order valence-corrected chi connectivity index (χ2v) is 5.68. The highest BCUT2D eigenvalue weighted by atomic mass is 35.5. The molecule has 1 aromatic rings. The summed E-state index contributed by atoms with van der Waals surface area (Å²) >= 11 is 5.89. The lowest BCUT2D eigenvalue weighted by Crippen LogP contribution is -2.15. The van der Waals surface area contributed by atoms with Crippen LogP contribution in [0.4, 0.5) is 8.78 Å². The third-order valence-corrected chi connectivity index (χ3v) is 3.58. The minimum Gasteiger partial charge on any atom is -0.294 e. The van der Waals surface area contributed by atoms with Gasteiger partial charge in [0, 0.05) is 11.4 Å². The van der Waals surface area contributed by atoms with Gasteiger partial charge in [0.15, 0.2) is 17.4 Å². The minimum absolute atomic E-state index is 0.143. The maximum absolute atomic E-state index is 13.7. The molecule has 1 aliphatic rings. The summed E-state index contributed by atoms with van der Waals surface area (Å²) in [6, 6.07) is 0.946. The van der Waals surface area contributed by atoms with Crippen LogP contribution in [0.25, 0.3) is 0 Å². The van der Waals surface area contributed by atoms with Crippen LogP contribution < -0.4 is 0 Å². The Bertz CT molecular complexity index is 495. The molecule has 0 bridgehead atoms. The quantitative estimate of drug-likeness (QED) is 0.504. The second kappa shape index (κ2) is 4.05. The maximum atomic E-state index is 13.7. The van der Waals surface area contributed by atoms with E-state index in [0.717, 1.165) is 12.5 Å². The standard InChI is InChI=1S/C13H13ClF2O/c1-13(2)4-3-7-8(14)5-9(15)12(16)11(7)10(17)6-13/h5H,3-4,6H2,1-2H3. The van der Waals surface area contributed by atoms with Crippen LogP contribution in [0.2, 0.25) is 5.02 Å². The summed E-state index contributed by atoms with van der Waals surface area (Å²) in [5.74, 6) is -2.48. The van der Waals surface area contributed by atoms with Crippen LogP contribution in [-0.2, 0) is 6.42 Å². The molecule has 0 saturated heterocycles. The van der Waals surface area contributed by atoms with Crippen molar-refractivity contribution in [2.24, 2.45) is 5.41 Å². The van der Waals surface area contributed by atoms with Crippen LogP contribution >= 0.6 is 11.6 Å². The zero-order valence-electron chi connectivity index (χ0n) is 9.74. The fourth-order valence-electron chi connectivity index (χ4n) is 2.24. The summed E-state index contributed by atoms with van der Waals surface area (Å²) in [7, 11) is 0. The molecule has 4 heteroatoms. The molecule has 0 unspecified atom stereocenters. The van der Waals surface area contributed by atoms with Gasteiger partial charge in [-0.1, -0.05) is 25.4 Å². The molecule has 1 aliphatic carbocycles. The number of ketones is 1. The number of benzene rings is 1. The van der Waals surface area contributed by atoms with E-state index in [4.69, 9.17) is 11.6 Å². The van der Waals surface area contributed by atoms with Gasteiger partial charge in [0.1, 0.15) is 0 Å². The van der Waals surface area contributed by atoms with Crippen LogP contribution in [0.15, 0.2) is 6.07 Å². The largest absolute Gasteiger partial charge is 0.294 e. The van der Waals surface area contributed by atoms with E-state index in [-0.39, 0.29) is 28.2 Å². The second-order valence-electron chi connectivity index (χ2n) is 5.27. The molecule has 2 rings (SSSR count). The van der Waals surface area contributed by atoms with Gasteiger partial charge in [0.25, 0.3) is 0 Å². The highest BCUT2D eigenvalue weighted by Crippen LogP contribution is 2.37. The van der Waals surface area contributed by atoms with E-state index in [2.05, 4.69) is 0 Å². The molecule has 0 saturated carbocycles. The molecule has 0 aromatic heterocycles. The monoisotopic (exact) mass is 258 g/mol. The first kappa shape index (κ1) is 12.5. The van der Waals surface area contributed by atoms with Gasteiger partial charge in [-0.3, -0.25) is 4.79 Å². The SMILES string of the molecule is CC1(C)CCc2c(Cl)cc(F)c(F)c2C(=O)C1. The Balaban J connectivity index is 2.63. The fraction of sp³-hybridized carbons (Fsp3) is 0.462. The first-order valence-corrected chi connectivity index (χ1v) is 5.89. The number of Topliss-reactive ketones (excluding diaryl/α,β-unsaturated/α-hetero) is 1. The Labute approximate surface area is 104 Å². The van der Waals surface area contributed by atoms with Crippen LogP contribution in [-0.4, -0.2) is 5.78 Å². The molecule has 0 spiro atoms. The van der Waals surface area contributed by atoms with Crippen molar-refractivity contribution in [1.82, 2.24) is 0 Å². The lowest BCUT2D eigenvalue weighted by atomic mass is 9.84. The van der Waals surface area contributed by atoms with E-state index >= 15 is 0 Å². The molecule has 0 aliphatic heterocycles. The zero-order valence-corrected chi connectivity index (χ0v) is 10.5. The lowest BCUT2D eigenvalue weighted by Gasteiger charge is -2.20. The molecule has 17 heavy (non-hydrogen) atoms. The first-order valence-electron chi connectivity index (χ1n) is 5.51. The predicted octanol–water partition coefficient (Wildman–Crippen LogP) is 4.16. The van der Waals surface area contributed by atoms with Crippen molar-refractivity contribution in [3.05, 3.63) is 33.9 Å². The minimum atomic E-state index is -1.06. The molecule has 1 aromatic carbocycles. The van der Waals surface area contributed by atoms with Gasteiger partial charge in [-0.15, -0.1) is 0 Å². The van der Waals surface area contributed by atoms with E-state index in [9.17, 15) is 13.6 Å². The van der Waals surface area contributed by atoms with Crippen LogP contribution in [0.5, 0.6) is 0 Å². The number of hydrogen-bond donors (Lipinski definition) is 0. The third kappa shape index (κ3) is 2.21. The third-order valence-electron chi connectivity index (χ3n) is 3.24. The summed E-state index contributed by atoms with van der Waals surface area (Å²) in [5.41, 5.74) is 0.0873. The van der Waals surface area contributed by atoms with E-state index < -0.39 is 11.6 Å². The first-order chi connectivity index (χ1) is 7.82. The number of halogens is 3. The van der Waals surface area contributed by atoms with Crippen LogP contribution in [0, 0.1) is 17.0 Å². The van der Waals surface area contributed by atoms with Crippen LogP contribution in [0.3, 0.4) is 0 Å². The van der Waals surface area contributed by atoms with Crippen molar-refractivity contribution < 1.29 is 13.6 Å².